The molecule has 27 heavy (non-hydrogen) atoms. The third kappa shape index (κ3) is 2.64. The van der Waals surface area contributed by atoms with Crippen molar-refractivity contribution in [1.82, 2.24) is 9.97 Å². The van der Waals surface area contributed by atoms with E-state index >= 15 is 0 Å². The number of aryl methyl sites for hydroxylation is 1. The van der Waals surface area contributed by atoms with E-state index in [0.29, 0.717) is 16.9 Å². The van der Waals surface area contributed by atoms with Crippen molar-refractivity contribution >= 4 is 32.6 Å². The van der Waals surface area contributed by atoms with E-state index in [4.69, 9.17) is 4.42 Å². The van der Waals surface area contributed by atoms with Crippen molar-refractivity contribution in [2.24, 2.45) is 0 Å². The summed E-state index contributed by atoms with van der Waals surface area (Å²) in [6.45, 7) is 1.66. The molecule has 0 unspecified atom stereocenters. The Morgan fingerprint density at radius 1 is 0.852 bits per heavy atom. The minimum atomic E-state index is -0.404. The van der Waals surface area contributed by atoms with Crippen LogP contribution in [0.1, 0.15) is 5.89 Å². The summed E-state index contributed by atoms with van der Waals surface area (Å²) in [6.07, 6.45) is 0. The first-order chi connectivity index (χ1) is 13.2. The average molecular weight is 370 g/mol. The van der Waals surface area contributed by atoms with E-state index in [1.54, 1.807) is 18.3 Å². The highest BCUT2D eigenvalue weighted by Gasteiger charge is 2.18. The molecular weight excluding hydrogens is 356 g/mol. The Kier molecular flexibility index (Phi) is 3.62. The monoisotopic (exact) mass is 370 g/mol. The molecule has 3 aromatic heterocycles. The van der Waals surface area contributed by atoms with Crippen molar-refractivity contribution in [2.45, 2.75) is 6.92 Å². The molecule has 0 aliphatic rings. The highest BCUT2D eigenvalue weighted by Crippen LogP contribution is 2.44. The molecule has 4 nitrogen and oxygen atoms in total. The zero-order valence-electron chi connectivity index (χ0n) is 14.5. The number of nitrogens with zero attached hydrogens (tertiary/aromatic N) is 2. The Hall–Kier alpha value is -3.31. The van der Waals surface area contributed by atoms with Gasteiger partial charge in [-0.3, -0.25) is 0 Å². The van der Waals surface area contributed by atoms with Crippen LogP contribution in [0.3, 0.4) is 0 Å². The third-order valence-electron chi connectivity index (χ3n) is 4.48. The van der Waals surface area contributed by atoms with Gasteiger partial charge in [-0.05, 0) is 17.2 Å². The third-order valence-corrected chi connectivity index (χ3v) is 5.63. The number of thiophene rings is 1. The van der Waals surface area contributed by atoms with E-state index < -0.39 is 5.63 Å². The van der Waals surface area contributed by atoms with E-state index in [-0.39, 0.29) is 0 Å². The van der Waals surface area contributed by atoms with Crippen LogP contribution >= 0.6 is 11.3 Å². The smallest absolute Gasteiger partial charge is 0.348 e. The summed E-state index contributed by atoms with van der Waals surface area (Å²) in [6, 6.07) is 22.3. The zero-order chi connectivity index (χ0) is 18.4. The van der Waals surface area contributed by atoms with Crippen molar-refractivity contribution in [2.75, 3.05) is 0 Å². The fraction of sp³-hybridized carbons (Fsp3) is 0.0455. The number of hydrogen-bond acceptors (Lipinski definition) is 5. The van der Waals surface area contributed by atoms with Crippen LogP contribution in [0.5, 0.6) is 0 Å². The van der Waals surface area contributed by atoms with Crippen LogP contribution in [-0.4, -0.2) is 9.97 Å². The molecule has 0 N–H and O–H groups in total. The number of hydrogen-bond donors (Lipinski definition) is 0. The fourth-order valence-corrected chi connectivity index (χ4v) is 4.48. The van der Waals surface area contributed by atoms with E-state index in [0.717, 1.165) is 31.8 Å². The second-order valence-electron chi connectivity index (χ2n) is 6.27. The molecule has 2 aromatic carbocycles. The lowest BCUT2D eigenvalue weighted by Gasteiger charge is -2.05. The van der Waals surface area contributed by atoms with Gasteiger partial charge in [0.1, 0.15) is 10.2 Å². The van der Waals surface area contributed by atoms with Gasteiger partial charge in [0.05, 0.1) is 0 Å². The van der Waals surface area contributed by atoms with Crippen molar-refractivity contribution in [3.63, 3.8) is 0 Å². The summed E-state index contributed by atoms with van der Waals surface area (Å²) in [5.41, 5.74) is 3.32. The summed E-state index contributed by atoms with van der Waals surface area (Å²) in [4.78, 5) is 23.3. The second-order valence-corrected chi connectivity index (χ2v) is 7.27. The van der Waals surface area contributed by atoms with Crippen LogP contribution in [-0.2, 0) is 0 Å². The average Bonchev–Trinajstić information content (AvgIpc) is 3.06. The molecule has 3 heterocycles. The maximum absolute atomic E-state index is 12.3. The largest absolute Gasteiger partial charge is 0.408 e. The lowest BCUT2D eigenvalue weighted by atomic mass is 9.99. The summed E-state index contributed by atoms with van der Waals surface area (Å²) in [5, 5.41) is 1.35. The van der Waals surface area contributed by atoms with E-state index in [1.807, 2.05) is 42.5 Å². The topological polar surface area (TPSA) is 56.0 Å². The predicted molar refractivity (Wildman–Crippen MR) is 109 cm³/mol. The summed E-state index contributed by atoms with van der Waals surface area (Å²) < 4.78 is 5.17. The van der Waals surface area contributed by atoms with E-state index in [2.05, 4.69) is 34.2 Å². The van der Waals surface area contributed by atoms with Crippen molar-refractivity contribution < 1.29 is 4.42 Å². The molecule has 0 atom stereocenters. The number of rotatable bonds is 2. The second kappa shape index (κ2) is 6.14. The van der Waals surface area contributed by atoms with Gasteiger partial charge in [-0.2, -0.15) is 4.98 Å². The van der Waals surface area contributed by atoms with Gasteiger partial charge < -0.3 is 4.42 Å². The lowest BCUT2D eigenvalue weighted by molar-refractivity contribution is 0.466. The molecule has 5 heteroatoms. The van der Waals surface area contributed by atoms with Gasteiger partial charge in [0.15, 0.2) is 11.5 Å². The van der Waals surface area contributed by atoms with Gasteiger partial charge in [0, 0.05) is 22.8 Å². The Balaban J connectivity index is 1.93. The maximum atomic E-state index is 12.3. The van der Waals surface area contributed by atoms with Gasteiger partial charge in [-0.15, -0.1) is 11.3 Å². The minimum absolute atomic E-state index is 0.322. The molecule has 0 aliphatic carbocycles. The molecule has 0 radical (unpaired) electrons. The summed E-state index contributed by atoms with van der Waals surface area (Å²) in [7, 11) is 0. The highest BCUT2D eigenvalue weighted by atomic mass is 32.1. The van der Waals surface area contributed by atoms with Gasteiger partial charge in [-0.25, -0.2) is 9.78 Å². The van der Waals surface area contributed by atoms with E-state index in [9.17, 15) is 4.79 Å². The first-order valence-electron chi connectivity index (χ1n) is 8.56. The van der Waals surface area contributed by atoms with Crippen LogP contribution in [0.25, 0.3) is 42.8 Å². The molecule has 0 fully saturated rings. The molecule has 0 aliphatic heterocycles. The molecule has 0 bridgehead atoms. The summed E-state index contributed by atoms with van der Waals surface area (Å²) >= 11 is 1.61. The first kappa shape index (κ1) is 15.9. The van der Waals surface area contributed by atoms with Crippen LogP contribution in [0.15, 0.2) is 75.9 Å². The standard InChI is InChI=1S/C22H14N2O2S/c1-13-23-20-17(22(25)26-13)12-16-18(14-8-4-2-5-9-14)19(27-21(16)24-20)15-10-6-3-7-11-15/h2-12H,1H3. The van der Waals surface area contributed by atoms with Crippen molar-refractivity contribution in [3.8, 4) is 21.6 Å². The normalized spacial score (nSPS) is 11.3. The van der Waals surface area contributed by atoms with Crippen LogP contribution < -0.4 is 5.63 Å². The van der Waals surface area contributed by atoms with Crippen molar-refractivity contribution in [3.05, 3.63) is 83.0 Å². The molecular formula is C22H14N2O2S. The number of pyridine rings is 1. The van der Waals surface area contributed by atoms with Crippen LogP contribution in [0, 0.1) is 6.92 Å². The van der Waals surface area contributed by atoms with Gasteiger partial charge >= 0.3 is 5.63 Å². The number of benzene rings is 2. The number of fused-ring (bicyclic) bond motifs is 2. The highest BCUT2D eigenvalue weighted by molar-refractivity contribution is 7.22. The molecule has 5 rings (SSSR count). The molecule has 5 aromatic rings. The predicted octanol–water partition coefficient (Wildman–Crippen LogP) is 5.44. The zero-order valence-corrected chi connectivity index (χ0v) is 15.3. The maximum Gasteiger partial charge on any atom is 0.348 e. The van der Waals surface area contributed by atoms with E-state index in [1.165, 1.54) is 0 Å². The Bertz CT molecular complexity index is 1340. The molecule has 130 valence electrons. The van der Waals surface area contributed by atoms with Crippen LogP contribution in [0.4, 0.5) is 0 Å². The lowest BCUT2D eigenvalue weighted by Crippen LogP contribution is -2.04. The summed E-state index contributed by atoms with van der Waals surface area (Å²) in [5.74, 6) is 0.322. The fourth-order valence-electron chi connectivity index (χ4n) is 3.29. The Morgan fingerprint density at radius 3 is 2.22 bits per heavy atom. The number of aromatic nitrogens is 2. The molecule has 0 spiro atoms. The SMILES string of the molecule is Cc1nc2nc3sc(-c4ccccc4)c(-c4ccccc4)c3cc2c(=O)o1. The first-order valence-corrected chi connectivity index (χ1v) is 9.38. The minimum Gasteiger partial charge on any atom is -0.408 e. The van der Waals surface area contributed by atoms with Gasteiger partial charge in [0.2, 0.25) is 0 Å². The quantitative estimate of drug-likeness (QED) is 0.415. The Morgan fingerprint density at radius 2 is 1.52 bits per heavy atom. The van der Waals surface area contributed by atoms with Gasteiger partial charge in [-0.1, -0.05) is 60.7 Å². The van der Waals surface area contributed by atoms with Crippen LogP contribution in [0.2, 0.25) is 0 Å². The molecule has 0 saturated carbocycles. The van der Waals surface area contributed by atoms with Gasteiger partial charge in [0.25, 0.3) is 0 Å². The van der Waals surface area contributed by atoms with Crippen molar-refractivity contribution in [1.29, 1.82) is 0 Å². The molecule has 0 amide bonds. The molecule has 0 saturated heterocycles. The Labute approximate surface area is 158 Å².